The molecule has 2 aliphatic heterocycles. The highest BCUT2D eigenvalue weighted by Crippen LogP contribution is 2.52. The Labute approximate surface area is 189 Å². The maximum Gasteiger partial charge on any atom is 0.242 e. The van der Waals surface area contributed by atoms with Crippen LogP contribution < -0.4 is 10.6 Å². The molecule has 2 N–H and O–H groups in total. The number of rotatable bonds is 2. The van der Waals surface area contributed by atoms with Crippen molar-refractivity contribution in [2.24, 2.45) is 0 Å². The number of anilines is 2. The molecule has 1 atom stereocenters. The van der Waals surface area contributed by atoms with E-state index in [4.69, 9.17) is 22.9 Å². The number of para-hydroxylation sites is 2. The molecule has 1 spiro atoms. The molecule has 6 rings (SSSR count). The topological polar surface area (TPSA) is 82.0 Å². The van der Waals surface area contributed by atoms with Gasteiger partial charge < -0.3 is 10.6 Å². The first kappa shape index (κ1) is 18.9. The van der Waals surface area contributed by atoms with Crippen molar-refractivity contribution in [2.75, 3.05) is 17.2 Å². The van der Waals surface area contributed by atoms with Gasteiger partial charge in [0.2, 0.25) is 10.7 Å². The quantitative estimate of drug-likeness (QED) is 0.482. The van der Waals surface area contributed by atoms with Gasteiger partial charge in [0.15, 0.2) is 0 Å². The van der Waals surface area contributed by atoms with Crippen molar-refractivity contribution in [3.63, 3.8) is 0 Å². The molecule has 1 amide bonds. The molecular weight excluding hydrogens is 420 g/mol. The molecular formula is C24H20N6OS. The second kappa shape index (κ2) is 6.61. The number of nitrogens with zero attached hydrogens (tertiary/aromatic N) is 5. The Morgan fingerprint density at radius 1 is 1.12 bits per heavy atom. The maximum absolute atomic E-state index is 14.1. The number of hydrogen-bond donors (Lipinski definition) is 1. The zero-order chi connectivity index (χ0) is 22.0. The van der Waals surface area contributed by atoms with Crippen LogP contribution in [0.2, 0.25) is 0 Å². The lowest BCUT2D eigenvalue weighted by Crippen LogP contribution is -2.47. The molecule has 4 aromatic rings. The van der Waals surface area contributed by atoms with E-state index in [1.807, 2.05) is 77.2 Å². The van der Waals surface area contributed by atoms with Crippen LogP contribution in [0.25, 0.3) is 11.5 Å². The van der Waals surface area contributed by atoms with E-state index in [9.17, 15) is 4.79 Å². The number of hydrogen-bond acceptors (Lipinski definition) is 5. The molecule has 2 aromatic heterocycles. The van der Waals surface area contributed by atoms with Gasteiger partial charge in [0.05, 0.1) is 5.56 Å². The molecule has 0 saturated heterocycles. The summed E-state index contributed by atoms with van der Waals surface area (Å²) in [6.07, 6.45) is 3.97. The molecule has 1 unspecified atom stereocenters. The third-order valence-electron chi connectivity index (χ3n) is 6.50. The van der Waals surface area contributed by atoms with E-state index in [1.165, 1.54) is 0 Å². The molecule has 2 aromatic carbocycles. The number of carbonyl (C=O) groups is 1. The zero-order valence-corrected chi connectivity index (χ0v) is 18.2. The summed E-state index contributed by atoms with van der Waals surface area (Å²) in [5, 5.41) is 0. The fraction of sp³-hybridized carbons (Fsp3) is 0.167. The van der Waals surface area contributed by atoms with Crippen molar-refractivity contribution >= 4 is 29.6 Å². The first-order valence-electron chi connectivity index (χ1n) is 10.5. The van der Waals surface area contributed by atoms with E-state index in [0.717, 1.165) is 22.8 Å². The monoisotopic (exact) mass is 440 g/mol. The van der Waals surface area contributed by atoms with E-state index < -0.39 is 5.41 Å². The summed E-state index contributed by atoms with van der Waals surface area (Å²) in [7, 11) is 0. The van der Waals surface area contributed by atoms with Gasteiger partial charge >= 0.3 is 0 Å². The number of benzene rings is 2. The summed E-state index contributed by atoms with van der Waals surface area (Å²) < 4.78 is 3.98. The van der Waals surface area contributed by atoms with E-state index in [-0.39, 0.29) is 5.91 Å². The van der Waals surface area contributed by atoms with E-state index in [0.29, 0.717) is 34.9 Å². The molecule has 7 nitrogen and oxygen atoms in total. The predicted octanol–water partition coefficient (Wildman–Crippen LogP) is 3.58. The third-order valence-corrected chi connectivity index (χ3v) is 6.78. The summed E-state index contributed by atoms with van der Waals surface area (Å²) >= 11 is 5.67. The van der Waals surface area contributed by atoms with Crippen molar-refractivity contribution in [3.05, 3.63) is 88.7 Å². The Balaban J connectivity index is 1.76. The van der Waals surface area contributed by atoms with Gasteiger partial charge in [-0.1, -0.05) is 36.4 Å². The minimum atomic E-state index is -1.01. The minimum Gasteiger partial charge on any atom is -0.384 e. The van der Waals surface area contributed by atoms with E-state index >= 15 is 0 Å². The Morgan fingerprint density at radius 3 is 2.66 bits per heavy atom. The predicted molar refractivity (Wildman–Crippen MR) is 125 cm³/mol. The van der Waals surface area contributed by atoms with Gasteiger partial charge in [-0.05, 0) is 42.9 Å². The summed E-state index contributed by atoms with van der Waals surface area (Å²) in [6.45, 7) is 2.54. The SMILES string of the molecule is CCN1C(=O)C2(Cc3nccn3-c3nc(=S)n(-c4ccccc4)c(N)c32)c2ccccc21. The van der Waals surface area contributed by atoms with Crippen LogP contribution in [-0.4, -0.2) is 31.6 Å². The largest absolute Gasteiger partial charge is 0.384 e. The van der Waals surface area contributed by atoms with Crippen LogP contribution in [0.5, 0.6) is 0 Å². The van der Waals surface area contributed by atoms with E-state index in [1.54, 1.807) is 10.8 Å². The third kappa shape index (κ3) is 2.24. The van der Waals surface area contributed by atoms with Crippen molar-refractivity contribution < 1.29 is 4.79 Å². The Bertz CT molecular complexity index is 1460. The Kier molecular flexibility index (Phi) is 3.91. The smallest absolute Gasteiger partial charge is 0.242 e. The highest BCUT2D eigenvalue weighted by atomic mass is 32.1. The molecule has 0 fully saturated rings. The van der Waals surface area contributed by atoms with Gasteiger partial charge in [-0.3, -0.25) is 13.9 Å². The van der Waals surface area contributed by atoms with Crippen LogP contribution in [0.15, 0.2) is 67.0 Å². The van der Waals surface area contributed by atoms with Crippen LogP contribution in [0.4, 0.5) is 11.5 Å². The first-order chi connectivity index (χ1) is 15.6. The van der Waals surface area contributed by atoms with Crippen molar-refractivity contribution in [2.45, 2.75) is 18.8 Å². The van der Waals surface area contributed by atoms with Gasteiger partial charge in [-0.25, -0.2) is 9.97 Å². The normalized spacial score (nSPS) is 18.5. The highest BCUT2D eigenvalue weighted by molar-refractivity contribution is 7.71. The number of aromatic nitrogens is 4. The lowest BCUT2D eigenvalue weighted by atomic mass is 9.71. The lowest BCUT2D eigenvalue weighted by molar-refractivity contribution is -0.122. The summed E-state index contributed by atoms with van der Waals surface area (Å²) in [5.74, 6) is 1.74. The van der Waals surface area contributed by atoms with Crippen molar-refractivity contribution in [1.29, 1.82) is 0 Å². The molecule has 0 aliphatic carbocycles. The van der Waals surface area contributed by atoms with Crippen LogP contribution in [0, 0.1) is 4.77 Å². The summed E-state index contributed by atoms with van der Waals surface area (Å²) in [6, 6.07) is 17.6. The summed E-state index contributed by atoms with van der Waals surface area (Å²) in [4.78, 5) is 25.3. The second-order valence-electron chi connectivity index (χ2n) is 8.01. The molecule has 4 heterocycles. The van der Waals surface area contributed by atoms with Crippen LogP contribution in [0.3, 0.4) is 0 Å². The Morgan fingerprint density at radius 2 is 1.88 bits per heavy atom. The number of fused-ring (bicyclic) bond motifs is 6. The maximum atomic E-state index is 14.1. The van der Waals surface area contributed by atoms with Crippen LogP contribution in [0.1, 0.15) is 23.9 Å². The second-order valence-corrected chi connectivity index (χ2v) is 8.38. The molecule has 0 bridgehead atoms. The van der Waals surface area contributed by atoms with Gasteiger partial charge in [0.1, 0.15) is 22.9 Å². The van der Waals surface area contributed by atoms with Gasteiger partial charge in [0.25, 0.3) is 0 Å². The summed E-state index contributed by atoms with van der Waals surface area (Å²) in [5.41, 5.74) is 9.17. The van der Waals surface area contributed by atoms with Gasteiger partial charge in [-0.15, -0.1) is 0 Å². The zero-order valence-electron chi connectivity index (χ0n) is 17.4. The fourth-order valence-electron chi connectivity index (χ4n) is 5.17. The van der Waals surface area contributed by atoms with Gasteiger partial charge in [-0.2, -0.15) is 0 Å². The minimum absolute atomic E-state index is 0.0121. The first-order valence-corrected chi connectivity index (χ1v) is 10.9. The average molecular weight is 441 g/mol. The highest BCUT2D eigenvalue weighted by Gasteiger charge is 2.57. The van der Waals surface area contributed by atoms with Gasteiger partial charge in [0, 0.05) is 36.7 Å². The number of nitrogen functional groups attached to an aromatic ring is 1. The fourth-order valence-corrected chi connectivity index (χ4v) is 5.46. The molecule has 8 heteroatoms. The number of amides is 1. The molecule has 158 valence electrons. The average Bonchev–Trinajstić information content (AvgIpc) is 3.36. The molecule has 0 saturated carbocycles. The lowest BCUT2D eigenvalue weighted by Gasteiger charge is -2.36. The number of likely N-dealkylation sites (N-methyl/N-ethyl adjacent to an activating group) is 1. The number of carbonyl (C=O) groups excluding carboxylic acids is 1. The molecule has 0 radical (unpaired) electrons. The van der Waals surface area contributed by atoms with E-state index in [2.05, 4.69) is 4.98 Å². The number of imidazole rings is 1. The van der Waals surface area contributed by atoms with Crippen molar-refractivity contribution in [1.82, 2.24) is 19.1 Å². The molecule has 2 aliphatic rings. The van der Waals surface area contributed by atoms with Crippen LogP contribution >= 0.6 is 12.2 Å². The van der Waals surface area contributed by atoms with Crippen LogP contribution in [-0.2, 0) is 16.6 Å². The molecule has 32 heavy (non-hydrogen) atoms. The Hall–Kier alpha value is -3.78. The standard InChI is InChI=1S/C24H20N6OS/c1-2-28-17-11-7-6-10-16(17)24(22(28)31)14-18-26-12-13-29(18)21-19(24)20(25)30(23(32)27-21)15-8-4-3-5-9-15/h3-13H,2,14,25H2,1H3. The number of nitrogens with two attached hydrogens (primary N) is 1. The van der Waals surface area contributed by atoms with Crippen molar-refractivity contribution in [3.8, 4) is 11.5 Å².